The second-order valence-electron chi connectivity index (χ2n) is 4.70. The summed E-state index contributed by atoms with van der Waals surface area (Å²) in [5, 5.41) is 28.4. The molecule has 3 N–H and O–H groups in total. The summed E-state index contributed by atoms with van der Waals surface area (Å²) < 4.78 is 5.18. The van der Waals surface area contributed by atoms with Crippen molar-refractivity contribution >= 4 is 12.0 Å². The second-order valence-corrected chi connectivity index (χ2v) is 4.70. The Morgan fingerprint density at radius 1 is 1.15 bits per heavy atom. The van der Waals surface area contributed by atoms with E-state index in [9.17, 15) is 20.1 Å². The molecule has 1 aliphatic carbocycles. The molecule has 2 atom stereocenters. The SMILES string of the molecule is O=C1O/C(=C\c2ccc(O)c(O)c2)[C@H]2C=CC=C(O)[C@@H]12. The van der Waals surface area contributed by atoms with Crippen molar-refractivity contribution in [3.8, 4) is 11.5 Å². The van der Waals surface area contributed by atoms with Gasteiger partial charge in [-0.2, -0.15) is 0 Å². The minimum absolute atomic E-state index is 0.0144. The van der Waals surface area contributed by atoms with Crippen LogP contribution in [-0.4, -0.2) is 21.3 Å². The van der Waals surface area contributed by atoms with Gasteiger partial charge >= 0.3 is 5.97 Å². The summed E-state index contributed by atoms with van der Waals surface area (Å²) >= 11 is 0. The molecule has 0 unspecified atom stereocenters. The van der Waals surface area contributed by atoms with Gasteiger partial charge in [-0.3, -0.25) is 4.79 Å². The first-order valence-electron chi connectivity index (χ1n) is 6.09. The number of allylic oxidation sites excluding steroid dienone is 3. The summed E-state index contributed by atoms with van der Waals surface area (Å²) in [5.41, 5.74) is 0.589. The van der Waals surface area contributed by atoms with E-state index >= 15 is 0 Å². The van der Waals surface area contributed by atoms with E-state index in [1.54, 1.807) is 24.3 Å². The van der Waals surface area contributed by atoms with Gasteiger partial charge in [0.25, 0.3) is 0 Å². The topological polar surface area (TPSA) is 87.0 Å². The molecule has 5 heteroatoms. The number of ether oxygens (including phenoxy) is 1. The molecule has 1 aliphatic heterocycles. The number of rotatable bonds is 1. The lowest BCUT2D eigenvalue weighted by Gasteiger charge is -2.14. The Hall–Kier alpha value is -2.69. The lowest BCUT2D eigenvalue weighted by molar-refractivity contribution is -0.138. The van der Waals surface area contributed by atoms with Crippen molar-refractivity contribution in [2.45, 2.75) is 0 Å². The highest BCUT2D eigenvalue weighted by atomic mass is 16.5. The Balaban J connectivity index is 1.97. The summed E-state index contributed by atoms with van der Waals surface area (Å²) in [6.07, 6.45) is 6.52. The number of carbonyl (C=O) groups excluding carboxylic acids is 1. The first-order chi connectivity index (χ1) is 9.56. The molecule has 0 bridgehead atoms. The third kappa shape index (κ3) is 1.93. The van der Waals surface area contributed by atoms with E-state index < -0.39 is 11.9 Å². The van der Waals surface area contributed by atoms with Crippen molar-refractivity contribution in [2.24, 2.45) is 11.8 Å². The van der Waals surface area contributed by atoms with Crippen LogP contribution in [0.3, 0.4) is 0 Å². The Kier molecular flexibility index (Phi) is 2.75. The van der Waals surface area contributed by atoms with Crippen LogP contribution < -0.4 is 0 Å². The molecule has 5 nitrogen and oxygen atoms in total. The van der Waals surface area contributed by atoms with Gasteiger partial charge in [0.2, 0.25) is 0 Å². The van der Waals surface area contributed by atoms with Gasteiger partial charge in [0.15, 0.2) is 11.5 Å². The van der Waals surface area contributed by atoms with Gasteiger partial charge in [0, 0.05) is 0 Å². The van der Waals surface area contributed by atoms with Crippen molar-refractivity contribution in [3.05, 3.63) is 53.5 Å². The van der Waals surface area contributed by atoms with Crippen LogP contribution in [0.5, 0.6) is 11.5 Å². The first kappa shape index (κ1) is 12.3. The number of fused-ring (bicyclic) bond motifs is 1. The van der Waals surface area contributed by atoms with Crippen LogP contribution in [0, 0.1) is 11.8 Å². The van der Waals surface area contributed by atoms with Crippen LogP contribution >= 0.6 is 0 Å². The van der Waals surface area contributed by atoms with Gasteiger partial charge in [-0.15, -0.1) is 0 Å². The van der Waals surface area contributed by atoms with E-state index in [-0.39, 0.29) is 23.2 Å². The molecule has 102 valence electrons. The molecule has 1 heterocycles. The van der Waals surface area contributed by atoms with Gasteiger partial charge in [-0.25, -0.2) is 0 Å². The van der Waals surface area contributed by atoms with Gasteiger partial charge in [-0.1, -0.05) is 18.2 Å². The van der Waals surface area contributed by atoms with Crippen LogP contribution in [0.2, 0.25) is 0 Å². The number of hydrogen-bond acceptors (Lipinski definition) is 5. The molecule has 0 radical (unpaired) electrons. The Bertz CT molecular complexity index is 669. The van der Waals surface area contributed by atoms with Crippen molar-refractivity contribution in [1.29, 1.82) is 0 Å². The number of esters is 1. The third-order valence-corrected chi connectivity index (χ3v) is 3.37. The van der Waals surface area contributed by atoms with Gasteiger partial charge in [-0.05, 0) is 29.8 Å². The number of hydrogen-bond donors (Lipinski definition) is 3. The molecule has 20 heavy (non-hydrogen) atoms. The lowest BCUT2D eigenvalue weighted by Crippen LogP contribution is -2.18. The van der Waals surface area contributed by atoms with Crippen molar-refractivity contribution in [2.75, 3.05) is 0 Å². The molecule has 0 spiro atoms. The van der Waals surface area contributed by atoms with E-state index in [0.717, 1.165) is 0 Å². The Morgan fingerprint density at radius 3 is 2.70 bits per heavy atom. The van der Waals surface area contributed by atoms with Crippen molar-refractivity contribution < 1.29 is 24.9 Å². The number of phenolic OH excluding ortho intramolecular Hbond substituents is 2. The van der Waals surface area contributed by atoms with Crippen LogP contribution in [0.1, 0.15) is 5.56 Å². The van der Waals surface area contributed by atoms with E-state index in [0.29, 0.717) is 11.3 Å². The fourth-order valence-electron chi connectivity index (χ4n) is 2.37. The minimum Gasteiger partial charge on any atom is -0.511 e. The van der Waals surface area contributed by atoms with E-state index in [2.05, 4.69) is 0 Å². The van der Waals surface area contributed by atoms with Crippen LogP contribution in [0.4, 0.5) is 0 Å². The summed E-state index contributed by atoms with van der Waals surface area (Å²) in [4.78, 5) is 11.8. The molecule has 3 rings (SSSR count). The predicted molar refractivity (Wildman–Crippen MR) is 70.7 cm³/mol. The molecular weight excluding hydrogens is 260 g/mol. The van der Waals surface area contributed by atoms with E-state index in [4.69, 9.17) is 4.74 Å². The monoisotopic (exact) mass is 272 g/mol. The molecular formula is C15H12O5. The summed E-state index contributed by atoms with van der Waals surface area (Å²) in [6.45, 7) is 0. The fraction of sp³-hybridized carbons (Fsp3) is 0.133. The summed E-state index contributed by atoms with van der Waals surface area (Å²) in [6, 6.07) is 4.31. The maximum absolute atomic E-state index is 11.8. The average molecular weight is 272 g/mol. The van der Waals surface area contributed by atoms with Gasteiger partial charge < -0.3 is 20.1 Å². The third-order valence-electron chi connectivity index (χ3n) is 3.37. The number of aromatic hydroxyl groups is 2. The number of aliphatic hydroxyl groups excluding tert-OH is 1. The summed E-state index contributed by atoms with van der Waals surface area (Å²) in [7, 11) is 0. The lowest BCUT2D eigenvalue weighted by atomic mass is 9.87. The number of cyclic esters (lactones) is 1. The first-order valence-corrected chi connectivity index (χ1v) is 6.09. The van der Waals surface area contributed by atoms with Gasteiger partial charge in [0.05, 0.1) is 5.92 Å². The molecule has 1 fully saturated rings. The highest BCUT2D eigenvalue weighted by Gasteiger charge is 2.43. The highest BCUT2D eigenvalue weighted by Crippen LogP contribution is 2.40. The Labute approximate surface area is 114 Å². The van der Waals surface area contributed by atoms with E-state index in [1.807, 2.05) is 0 Å². The highest BCUT2D eigenvalue weighted by molar-refractivity contribution is 5.82. The zero-order valence-electron chi connectivity index (χ0n) is 10.4. The zero-order chi connectivity index (χ0) is 14.3. The molecule has 1 aromatic rings. The normalized spacial score (nSPS) is 26.3. The molecule has 0 amide bonds. The zero-order valence-corrected chi connectivity index (χ0v) is 10.4. The molecule has 2 aliphatic rings. The molecule has 0 aromatic heterocycles. The predicted octanol–water partition coefficient (Wildman–Crippen LogP) is 2.24. The second kappa shape index (κ2) is 4.45. The smallest absolute Gasteiger partial charge is 0.322 e. The summed E-state index contributed by atoms with van der Waals surface area (Å²) in [5.74, 6) is -1.61. The quantitative estimate of drug-likeness (QED) is 0.539. The fourth-order valence-corrected chi connectivity index (χ4v) is 2.37. The number of phenols is 2. The van der Waals surface area contributed by atoms with Crippen LogP contribution in [-0.2, 0) is 9.53 Å². The average Bonchev–Trinajstić information content (AvgIpc) is 2.72. The Morgan fingerprint density at radius 2 is 1.95 bits per heavy atom. The number of aliphatic hydroxyl groups is 1. The van der Waals surface area contributed by atoms with Crippen molar-refractivity contribution in [3.63, 3.8) is 0 Å². The largest absolute Gasteiger partial charge is 0.511 e. The standard InChI is InChI=1S/C15H12O5/c16-10-5-4-8(6-12(10)18)7-13-9-2-1-3-11(17)14(9)15(19)20-13/h1-7,9,14,16-18H/b13-7-/t9-,14+/m1/s1. The molecule has 0 saturated carbocycles. The molecule has 1 aromatic carbocycles. The molecule has 1 saturated heterocycles. The maximum atomic E-state index is 11.8. The number of carbonyl (C=O) groups is 1. The van der Waals surface area contributed by atoms with E-state index in [1.165, 1.54) is 18.2 Å². The van der Waals surface area contributed by atoms with Crippen molar-refractivity contribution in [1.82, 2.24) is 0 Å². The van der Waals surface area contributed by atoms with Crippen LogP contribution in [0.15, 0.2) is 47.9 Å². The van der Waals surface area contributed by atoms with Gasteiger partial charge in [0.1, 0.15) is 17.4 Å². The van der Waals surface area contributed by atoms with Crippen LogP contribution in [0.25, 0.3) is 6.08 Å². The number of benzene rings is 1. The maximum Gasteiger partial charge on any atom is 0.322 e. The minimum atomic E-state index is -0.697.